The average molecular weight is 243 g/mol. The number of rotatable bonds is 2. The molecule has 0 aromatic heterocycles. The normalized spacial score (nSPS) is 36.9. The summed E-state index contributed by atoms with van der Waals surface area (Å²) in [6.07, 6.45) is 0.347. The van der Waals surface area contributed by atoms with Crippen LogP contribution in [0.1, 0.15) is 23.3 Å². The molecule has 0 saturated carbocycles. The molecule has 2 bridgehead atoms. The van der Waals surface area contributed by atoms with Gasteiger partial charge in [0.05, 0.1) is 12.2 Å². The van der Waals surface area contributed by atoms with E-state index in [4.69, 9.17) is 27.9 Å². The molecule has 0 N–H and O–H groups in total. The first-order valence-electron chi connectivity index (χ1n) is 5.23. The molecule has 4 unspecified atom stereocenters. The quantitative estimate of drug-likeness (QED) is 0.722. The highest BCUT2D eigenvalue weighted by Crippen LogP contribution is 2.57. The second-order valence-corrected chi connectivity index (χ2v) is 4.86. The maximum atomic E-state index is 6.00. The number of hydrogen-bond donors (Lipinski definition) is 0. The Labute approximate surface area is 99.3 Å². The van der Waals surface area contributed by atoms with Crippen LogP contribution in [0.3, 0.4) is 0 Å². The maximum Gasteiger partial charge on any atom is 0.0880 e. The summed E-state index contributed by atoms with van der Waals surface area (Å²) in [5.74, 6) is 2.02. The van der Waals surface area contributed by atoms with E-state index in [2.05, 4.69) is 24.3 Å². The topological polar surface area (TPSA) is 9.23 Å². The van der Waals surface area contributed by atoms with Crippen molar-refractivity contribution in [2.24, 2.45) is 11.8 Å². The molecule has 0 aliphatic carbocycles. The summed E-state index contributed by atoms with van der Waals surface area (Å²) >= 11 is 12.0. The highest BCUT2D eigenvalue weighted by atomic mass is 35.5. The number of alkyl halides is 2. The van der Waals surface area contributed by atoms with Crippen molar-refractivity contribution in [1.82, 2.24) is 0 Å². The predicted octanol–water partition coefficient (Wildman–Crippen LogP) is 3.52. The lowest BCUT2D eigenvalue weighted by atomic mass is 9.78. The van der Waals surface area contributed by atoms with Crippen LogP contribution in [0.4, 0.5) is 0 Å². The minimum atomic E-state index is 0.174. The van der Waals surface area contributed by atoms with Crippen molar-refractivity contribution in [2.45, 2.75) is 12.2 Å². The van der Waals surface area contributed by atoms with Gasteiger partial charge in [-0.2, -0.15) is 0 Å². The Morgan fingerprint density at radius 1 is 0.933 bits per heavy atom. The van der Waals surface area contributed by atoms with E-state index in [1.54, 1.807) is 0 Å². The van der Waals surface area contributed by atoms with Crippen LogP contribution in [0, 0.1) is 11.8 Å². The van der Waals surface area contributed by atoms with Crippen LogP contribution >= 0.6 is 23.2 Å². The van der Waals surface area contributed by atoms with Crippen LogP contribution in [0.25, 0.3) is 0 Å². The fourth-order valence-corrected chi connectivity index (χ4v) is 3.62. The average Bonchev–Trinajstić information content (AvgIpc) is 2.84. The summed E-state index contributed by atoms with van der Waals surface area (Å²) in [4.78, 5) is 0. The van der Waals surface area contributed by atoms with Crippen molar-refractivity contribution in [3.05, 3.63) is 35.4 Å². The van der Waals surface area contributed by atoms with Gasteiger partial charge in [-0.1, -0.05) is 24.3 Å². The van der Waals surface area contributed by atoms with Gasteiger partial charge in [-0.25, -0.2) is 0 Å². The van der Waals surface area contributed by atoms with Crippen LogP contribution in [-0.2, 0) is 4.74 Å². The summed E-state index contributed by atoms with van der Waals surface area (Å²) in [5, 5.41) is 0. The molecular weight excluding hydrogens is 231 g/mol. The van der Waals surface area contributed by atoms with Gasteiger partial charge >= 0.3 is 0 Å². The lowest BCUT2D eigenvalue weighted by Crippen LogP contribution is -2.24. The Morgan fingerprint density at radius 3 is 1.80 bits per heavy atom. The van der Waals surface area contributed by atoms with Crippen LogP contribution in [0.15, 0.2) is 24.3 Å². The van der Waals surface area contributed by atoms with Crippen molar-refractivity contribution >= 4 is 23.2 Å². The Bertz CT molecular complexity index is 345. The monoisotopic (exact) mass is 242 g/mol. The van der Waals surface area contributed by atoms with Crippen molar-refractivity contribution in [3.8, 4) is 0 Å². The Hall–Kier alpha value is -0.240. The van der Waals surface area contributed by atoms with Gasteiger partial charge in [0.1, 0.15) is 0 Å². The van der Waals surface area contributed by atoms with Crippen LogP contribution < -0.4 is 0 Å². The molecule has 2 aliphatic heterocycles. The molecule has 15 heavy (non-hydrogen) atoms. The van der Waals surface area contributed by atoms with Crippen LogP contribution in [0.2, 0.25) is 0 Å². The van der Waals surface area contributed by atoms with Gasteiger partial charge in [-0.3, -0.25) is 0 Å². The Balaban J connectivity index is 2.05. The summed E-state index contributed by atoms with van der Waals surface area (Å²) in [6.45, 7) is 0. The first-order valence-corrected chi connectivity index (χ1v) is 6.30. The molecule has 2 aliphatic rings. The van der Waals surface area contributed by atoms with Gasteiger partial charge in [0.25, 0.3) is 0 Å². The highest BCUT2D eigenvalue weighted by Gasteiger charge is 2.51. The van der Waals surface area contributed by atoms with Crippen LogP contribution in [0.5, 0.6) is 0 Å². The molecule has 1 fully saturated rings. The molecule has 1 nitrogen and oxygen atoms in total. The zero-order valence-electron chi connectivity index (χ0n) is 8.20. The van der Waals surface area contributed by atoms with Gasteiger partial charge in [0.2, 0.25) is 0 Å². The van der Waals surface area contributed by atoms with E-state index in [1.807, 2.05) is 0 Å². The fraction of sp³-hybridized carbons (Fsp3) is 0.500. The number of ether oxygens (including phenoxy) is 1. The molecule has 0 radical (unpaired) electrons. The zero-order chi connectivity index (χ0) is 10.4. The number of benzene rings is 1. The molecule has 1 aromatic rings. The third kappa shape index (κ3) is 1.27. The first-order chi connectivity index (χ1) is 7.36. The second kappa shape index (κ2) is 3.65. The molecule has 3 rings (SSSR count). The van der Waals surface area contributed by atoms with Gasteiger partial charge in [0.15, 0.2) is 0 Å². The van der Waals surface area contributed by atoms with E-state index in [1.165, 1.54) is 11.1 Å². The predicted molar refractivity (Wildman–Crippen MR) is 61.4 cm³/mol. The summed E-state index contributed by atoms with van der Waals surface area (Å²) < 4.78 is 5.98. The van der Waals surface area contributed by atoms with E-state index in [0.29, 0.717) is 23.6 Å². The third-order valence-electron chi connectivity index (χ3n) is 3.59. The molecule has 80 valence electrons. The smallest absolute Gasteiger partial charge is 0.0880 e. The van der Waals surface area contributed by atoms with Crippen LogP contribution in [-0.4, -0.2) is 11.8 Å². The van der Waals surface area contributed by atoms with E-state index in [0.717, 1.165) is 0 Å². The fourth-order valence-electron chi connectivity index (χ4n) is 2.84. The van der Waals surface area contributed by atoms with E-state index in [9.17, 15) is 0 Å². The van der Waals surface area contributed by atoms with E-state index >= 15 is 0 Å². The van der Waals surface area contributed by atoms with Gasteiger partial charge < -0.3 is 4.74 Å². The van der Waals surface area contributed by atoms with Crippen molar-refractivity contribution in [3.63, 3.8) is 0 Å². The number of hydrogen-bond acceptors (Lipinski definition) is 1. The lowest BCUT2D eigenvalue weighted by Gasteiger charge is -2.26. The molecular formula is C12H12Cl2O. The maximum absolute atomic E-state index is 6.00. The molecule has 4 atom stereocenters. The first kappa shape index (κ1) is 9.95. The van der Waals surface area contributed by atoms with Gasteiger partial charge in [0, 0.05) is 23.6 Å². The van der Waals surface area contributed by atoms with Crippen molar-refractivity contribution in [1.29, 1.82) is 0 Å². The Morgan fingerprint density at radius 2 is 1.40 bits per heavy atom. The third-order valence-corrected chi connectivity index (χ3v) is 4.30. The van der Waals surface area contributed by atoms with E-state index in [-0.39, 0.29) is 12.2 Å². The van der Waals surface area contributed by atoms with E-state index < -0.39 is 0 Å². The van der Waals surface area contributed by atoms with Crippen molar-refractivity contribution in [2.75, 3.05) is 11.8 Å². The zero-order valence-corrected chi connectivity index (χ0v) is 9.71. The SMILES string of the molecule is ClCC1C2OC(c3ccccc32)C1CCl. The molecule has 0 spiro atoms. The largest absolute Gasteiger partial charge is 0.365 e. The summed E-state index contributed by atoms with van der Waals surface area (Å²) in [6, 6.07) is 8.40. The molecule has 0 amide bonds. The lowest BCUT2D eigenvalue weighted by molar-refractivity contribution is 0.0568. The summed E-state index contributed by atoms with van der Waals surface area (Å²) in [7, 11) is 0. The van der Waals surface area contributed by atoms with Gasteiger partial charge in [-0.15, -0.1) is 23.2 Å². The highest BCUT2D eigenvalue weighted by molar-refractivity contribution is 6.19. The number of fused-ring (bicyclic) bond motifs is 5. The molecule has 2 heterocycles. The standard InChI is InChI=1S/C12H12Cl2O/c13-5-9-10(6-14)12-8-4-2-1-3-7(8)11(9)15-12/h1-4,9-12H,5-6H2. The second-order valence-electron chi connectivity index (χ2n) is 4.24. The van der Waals surface area contributed by atoms with Gasteiger partial charge in [-0.05, 0) is 11.1 Å². The number of halogens is 2. The molecule has 3 heteroatoms. The van der Waals surface area contributed by atoms with Crippen molar-refractivity contribution < 1.29 is 4.74 Å². The summed E-state index contributed by atoms with van der Waals surface area (Å²) in [5.41, 5.74) is 2.63. The minimum absolute atomic E-state index is 0.174. The minimum Gasteiger partial charge on any atom is -0.365 e. The molecule has 1 aromatic carbocycles. The molecule has 1 saturated heterocycles. The Kier molecular flexibility index (Phi) is 2.42.